The number of carboxylic acid groups (broad SMARTS) is 1. The van der Waals surface area contributed by atoms with Gasteiger partial charge in [-0.05, 0) is 43.5 Å². The molecule has 140 valence electrons. The van der Waals surface area contributed by atoms with Crippen LogP contribution in [0.5, 0.6) is 5.75 Å². The molecule has 1 unspecified atom stereocenters. The van der Waals surface area contributed by atoms with Crippen molar-refractivity contribution in [3.8, 4) is 5.75 Å². The van der Waals surface area contributed by atoms with Crippen molar-refractivity contribution < 1.29 is 27.9 Å². The number of nitrogens with one attached hydrogen (secondary N) is 1. The highest BCUT2D eigenvalue weighted by atomic mass is 35.5. The van der Waals surface area contributed by atoms with Crippen LogP contribution in [0.1, 0.15) is 24.5 Å². The van der Waals surface area contributed by atoms with Crippen molar-refractivity contribution in [2.45, 2.75) is 33.2 Å². The minimum atomic E-state index is -3.31. The molecule has 0 heterocycles. The largest absolute Gasteiger partial charge is 0.484 e. The second kappa shape index (κ2) is 9.05. The highest BCUT2D eigenvalue weighted by molar-refractivity contribution is 7.91. The van der Waals surface area contributed by atoms with E-state index < -0.39 is 27.8 Å². The monoisotopic (exact) mass is 391 g/mol. The Kier molecular flexibility index (Phi) is 7.69. The quantitative estimate of drug-likeness (QED) is 0.663. The second-order valence-electron chi connectivity index (χ2n) is 5.64. The molecule has 1 rings (SSSR count). The van der Waals surface area contributed by atoms with Crippen molar-refractivity contribution in [3.05, 3.63) is 28.3 Å². The number of sulfone groups is 1. The lowest BCUT2D eigenvalue weighted by Gasteiger charge is -2.15. The Labute approximate surface area is 152 Å². The number of carbonyl (C=O) groups excluding carboxylic acids is 1. The molecule has 0 aromatic heterocycles. The first-order valence-electron chi connectivity index (χ1n) is 7.68. The first-order valence-corrected chi connectivity index (χ1v) is 9.87. The summed E-state index contributed by atoms with van der Waals surface area (Å²) in [6, 6.07) is 2.06. The lowest BCUT2D eigenvalue weighted by molar-refractivity contribution is -0.142. The molecule has 1 atom stereocenters. The van der Waals surface area contributed by atoms with Gasteiger partial charge in [0.15, 0.2) is 6.61 Å². The molecule has 2 N–H and O–H groups in total. The summed E-state index contributed by atoms with van der Waals surface area (Å²) >= 11 is 6.05. The Morgan fingerprint density at radius 3 is 2.32 bits per heavy atom. The van der Waals surface area contributed by atoms with E-state index in [1.165, 1.54) is 6.92 Å². The van der Waals surface area contributed by atoms with Crippen molar-refractivity contribution in [1.29, 1.82) is 0 Å². The fraction of sp³-hybridized carbons (Fsp3) is 0.500. The number of hydrogen-bond acceptors (Lipinski definition) is 5. The number of halogens is 1. The zero-order chi connectivity index (χ0) is 19.2. The Balaban J connectivity index is 2.62. The van der Waals surface area contributed by atoms with Crippen LogP contribution >= 0.6 is 11.6 Å². The van der Waals surface area contributed by atoms with E-state index in [1.54, 1.807) is 26.0 Å². The number of benzene rings is 1. The highest BCUT2D eigenvalue weighted by Crippen LogP contribution is 2.25. The molecule has 1 amide bonds. The van der Waals surface area contributed by atoms with Crippen LogP contribution in [0.2, 0.25) is 5.02 Å². The molecule has 7 nitrogen and oxygen atoms in total. The van der Waals surface area contributed by atoms with Crippen LogP contribution in [-0.2, 0) is 19.4 Å². The number of hydrogen-bond donors (Lipinski definition) is 2. The van der Waals surface area contributed by atoms with Gasteiger partial charge < -0.3 is 15.2 Å². The molecule has 0 saturated carbocycles. The van der Waals surface area contributed by atoms with E-state index in [4.69, 9.17) is 21.4 Å². The Bertz CT molecular complexity index is 724. The normalized spacial score (nSPS) is 12.5. The molecule has 0 aliphatic carbocycles. The summed E-state index contributed by atoms with van der Waals surface area (Å²) < 4.78 is 28.3. The van der Waals surface area contributed by atoms with Gasteiger partial charge in [-0.15, -0.1) is 0 Å². The van der Waals surface area contributed by atoms with E-state index in [0.29, 0.717) is 10.8 Å². The van der Waals surface area contributed by atoms with Crippen LogP contribution in [0, 0.1) is 13.8 Å². The van der Waals surface area contributed by atoms with Gasteiger partial charge in [-0.25, -0.2) is 13.2 Å². The molecule has 9 heteroatoms. The molecule has 0 radical (unpaired) electrons. The summed E-state index contributed by atoms with van der Waals surface area (Å²) in [4.78, 5) is 23.1. The Morgan fingerprint density at radius 2 is 1.84 bits per heavy atom. The maximum atomic E-state index is 11.9. The van der Waals surface area contributed by atoms with E-state index in [2.05, 4.69) is 5.32 Å². The molecule has 0 aliphatic heterocycles. The minimum absolute atomic E-state index is 0.0777. The third-order valence-electron chi connectivity index (χ3n) is 3.57. The average Bonchev–Trinajstić information content (AvgIpc) is 2.54. The van der Waals surface area contributed by atoms with E-state index in [0.717, 1.165) is 11.1 Å². The SMILES string of the molecule is CCS(=O)(=O)CCC(NC(=O)COc1cc(C)c(Cl)c(C)c1)C(=O)O. The molecular formula is C16H22ClNO6S. The average molecular weight is 392 g/mol. The molecule has 25 heavy (non-hydrogen) atoms. The Hall–Kier alpha value is -1.80. The zero-order valence-corrected chi connectivity index (χ0v) is 15.9. The van der Waals surface area contributed by atoms with Crippen molar-refractivity contribution in [1.82, 2.24) is 5.32 Å². The fourth-order valence-corrected chi connectivity index (χ4v) is 3.07. The first kappa shape index (κ1) is 21.2. The van der Waals surface area contributed by atoms with Crippen molar-refractivity contribution in [3.63, 3.8) is 0 Å². The summed E-state index contributed by atoms with van der Waals surface area (Å²) in [5.74, 6) is -1.89. The van der Waals surface area contributed by atoms with Gasteiger partial charge in [-0.3, -0.25) is 4.79 Å². The maximum absolute atomic E-state index is 11.9. The van der Waals surface area contributed by atoms with Crippen LogP contribution in [-0.4, -0.2) is 49.6 Å². The number of amides is 1. The van der Waals surface area contributed by atoms with Gasteiger partial charge in [0.05, 0.1) is 5.75 Å². The van der Waals surface area contributed by atoms with Crippen LogP contribution in [0.3, 0.4) is 0 Å². The maximum Gasteiger partial charge on any atom is 0.326 e. The molecule has 0 saturated heterocycles. The lowest BCUT2D eigenvalue weighted by Crippen LogP contribution is -2.44. The summed E-state index contributed by atoms with van der Waals surface area (Å²) in [6.45, 7) is 4.70. The molecule has 0 spiro atoms. The van der Waals surface area contributed by atoms with Crippen molar-refractivity contribution in [2.24, 2.45) is 0 Å². The third-order valence-corrected chi connectivity index (χ3v) is 5.90. The van der Waals surface area contributed by atoms with E-state index >= 15 is 0 Å². The predicted octanol–water partition coefficient (Wildman–Crippen LogP) is 1.73. The van der Waals surface area contributed by atoms with E-state index in [-0.39, 0.29) is 24.5 Å². The van der Waals surface area contributed by atoms with Gasteiger partial charge in [0, 0.05) is 10.8 Å². The predicted molar refractivity (Wildman–Crippen MR) is 94.9 cm³/mol. The van der Waals surface area contributed by atoms with Gasteiger partial charge in [0.1, 0.15) is 21.6 Å². The summed E-state index contributed by atoms with van der Waals surface area (Å²) in [6.07, 6.45) is -0.198. The standard InChI is InChI=1S/C16H22ClNO6S/c1-4-25(22,23)6-5-13(16(20)21)18-14(19)9-24-12-7-10(2)15(17)11(3)8-12/h7-8,13H,4-6,9H2,1-3H3,(H,18,19)(H,20,21). The number of rotatable bonds is 9. The van der Waals surface area contributed by atoms with E-state index in [9.17, 15) is 18.0 Å². The summed E-state index contributed by atoms with van der Waals surface area (Å²) in [5, 5.41) is 12.0. The van der Waals surface area contributed by atoms with Gasteiger partial charge in [0.25, 0.3) is 5.91 Å². The van der Waals surface area contributed by atoms with Crippen LogP contribution in [0.25, 0.3) is 0 Å². The van der Waals surface area contributed by atoms with Crippen LogP contribution in [0.15, 0.2) is 12.1 Å². The topological polar surface area (TPSA) is 110 Å². The van der Waals surface area contributed by atoms with Gasteiger partial charge in [0.2, 0.25) is 0 Å². The third kappa shape index (κ3) is 6.91. The minimum Gasteiger partial charge on any atom is -0.484 e. The van der Waals surface area contributed by atoms with Crippen molar-refractivity contribution >= 4 is 33.3 Å². The summed E-state index contributed by atoms with van der Waals surface area (Å²) in [7, 11) is -3.31. The number of carboxylic acids is 1. The number of carbonyl (C=O) groups is 2. The van der Waals surface area contributed by atoms with Crippen LogP contribution in [0.4, 0.5) is 0 Å². The lowest BCUT2D eigenvalue weighted by atomic mass is 10.1. The molecule has 1 aromatic carbocycles. The van der Waals surface area contributed by atoms with Crippen molar-refractivity contribution in [2.75, 3.05) is 18.1 Å². The summed E-state index contributed by atoms with van der Waals surface area (Å²) in [5.41, 5.74) is 1.59. The van der Waals surface area contributed by atoms with Gasteiger partial charge >= 0.3 is 5.97 Å². The number of aliphatic carboxylic acids is 1. The van der Waals surface area contributed by atoms with Crippen LogP contribution < -0.4 is 10.1 Å². The highest BCUT2D eigenvalue weighted by Gasteiger charge is 2.22. The van der Waals surface area contributed by atoms with E-state index in [1.807, 2.05) is 0 Å². The van der Waals surface area contributed by atoms with Gasteiger partial charge in [-0.2, -0.15) is 0 Å². The smallest absolute Gasteiger partial charge is 0.326 e. The zero-order valence-electron chi connectivity index (χ0n) is 14.3. The van der Waals surface area contributed by atoms with Gasteiger partial charge in [-0.1, -0.05) is 18.5 Å². The molecule has 0 aliphatic rings. The first-order chi connectivity index (χ1) is 11.6. The molecule has 0 bridgehead atoms. The fourth-order valence-electron chi connectivity index (χ4n) is 2.07. The molecule has 0 fully saturated rings. The Morgan fingerprint density at radius 1 is 1.28 bits per heavy atom. The number of ether oxygens (including phenoxy) is 1. The molecular weight excluding hydrogens is 370 g/mol. The molecule has 1 aromatic rings. The second-order valence-corrected chi connectivity index (χ2v) is 8.49. The number of aryl methyl sites for hydroxylation is 2.